The number of phenols is 1. The van der Waals surface area contributed by atoms with Crippen LogP contribution in [0.1, 0.15) is 15.9 Å². The number of hydrogen-bond donors (Lipinski definition) is 1. The van der Waals surface area contributed by atoms with E-state index in [-0.39, 0.29) is 11.5 Å². The first kappa shape index (κ1) is 10.4. The summed E-state index contributed by atoms with van der Waals surface area (Å²) in [6.07, 6.45) is 0. The minimum absolute atomic E-state index is 0.0660. The van der Waals surface area contributed by atoms with E-state index >= 15 is 0 Å². The molecule has 0 atom stereocenters. The molecular weight excluding hydrogens is 232 g/mol. The Bertz CT molecular complexity index is 575. The highest BCUT2D eigenvalue weighted by Crippen LogP contribution is 2.45. The maximum atomic E-state index is 12.2. The van der Waals surface area contributed by atoms with Crippen molar-refractivity contribution in [2.75, 3.05) is 0 Å². The van der Waals surface area contributed by atoms with Gasteiger partial charge in [0.1, 0.15) is 11.0 Å². The average molecular weight is 241 g/mol. The van der Waals surface area contributed by atoms with Crippen LogP contribution in [0.4, 0.5) is 0 Å². The van der Waals surface area contributed by atoms with Gasteiger partial charge >= 0.3 is 0 Å². The van der Waals surface area contributed by atoms with Crippen LogP contribution in [-0.4, -0.2) is 10.9 Å². The number of phenolic OH excluding ortho intramolecular Hbond substituents is 1. The van der Waals surface area contributed by atoms with E-state index in [0.29, 0.717) is 0 Å². The van der Waals surface area contributed by atoms with Gasteiger partial charge in [0.25, 0.3) is 0 Å². The molecule has 0 saturated heterocycles. The number of Topliss-reactive ketones (excluding diaryl/α,β-unsaturated/α-hetero) is 1. The molecule has 83 valence electrons. The average Bonchev–Trinajstić information content (AvgIpc) is 2.69. The van der Waals surface area contributed by atoms with E-state index in [4.69, 9.17) is 0 Å². The van der Waals surface area contributed by atoms with Crippen molar-refractivity contribution < 1.29 is 9.90 Å². The minimum Gasteiger partial charge on any atom is -0.508 e. The van der Waals surface area contributed by atoms with Gasteiger partial charge in [-0.2, -0.15) is 0 Å². The van der Waals surface area contributed by atoms with Crippen LogP contribution in [0.15, 0.2) is 53.4 Å². The third-order valence-electron chi connectivity index (χ3n) is 2.68. The fraction of sp³-hybridized carbons (Fsp3) is 0. The highest BCUT2D eigenvalue weighted by Gasteiger charge is 2.33. The van der Waals surface area contributed by atoms with Crippen molar-refractivity contribution in [1.82, 2.24) is 0 Å². The van der Waals surface area contributed by atoms with Crippen LogP contribution in [0, 0.1) is 5.25 Å². The van der Waals surface area contributed by atoms with Crippen LogP contribution in [0.2, 0.25) is 0 Å². The molecule has 17 heavy (non-hydrogen) atoms. The van der Waals surface area contributed by atoms with Gasteiger partial charge in [0.15, 0.2) is 5.78 Å². The number of benzene rings is 2. The predicted octanol–water partition coefficient (Wildman–Crippen LogP) is 3.26. The lowest BCUT2D eigenvalue weighted by Crippen LogP contribution is -2.04. The van der Waals surface area contributed by atoms with Crippen LogP contribution in [0.5, 0.6) is 5.75 Å². The summed E-state index contributed by atoms with van der Waals surface area (Å²) in [6, 6.07) is 14.3. The summed E-state index contributed by atoms with van der Waals surface area (Å²) in [5.41, 5.74) is 1.62. The Morgan fingerprint density at radius 3 is 2.35 bits per heavy atom. The van der Waals surface area contributed by atoms with Gasteiger partial charge < -0.3 is 5.11 Å². The van der Waals surface area contributed by atoms with E-state index in [1.165, 1.54) is 11.8 Å². The van der Waals surface area contributed by atoms with Crippen molar-refractivity contribution in [2.45, 2.75) is 4.90 Å². The summed E-state index contributed by atoms with van der Waals surface area (Å²) < 4.78 is 0. The first-order chi connectivity index (χ1) is 8.25. The standard InChI is InChI=1S/C14H9O2S/c15-10-7-5-9(6-8-10)14-13(16)11-3-1-2-4-12(11)17-14/h1-8,15H. The second kappa shape index (κ2) is 3.93. The van der Waals surface area contributed by atoms with Crippen LogP contribution in [0.3, 0.4) is 0 Å². The maximum Gasteiger partial charge on any atom is 0.187 e. The van der Waals surface area contributed by atoms with E-state index in [1.807, 2.05) is 24.3 Å². The van der Waals surface area contributed by atoms with Gasteiger partial charge in [-0.25, -0.2) is 0 Å². The summed E-state index contributed by atoms with van der Waals surface area (Å²) in [5, 5.41) is 9.97. The number of carbonyl (C=O) groups excluding carboxylic acids is 1. The summed E-state index contributed by atoms with van der Waals surface area (Å²) in [7, 11) is 0. The molecule has 0 bridgehead atoms. The molecule has 0 unspecified atom stereocenters. The quantitative estimate of drug-likeness (QED) is 0.832. The Labute approximate surface area is 103 Å². The molecule has 0 aliphatic carbocycles. The third kappa shape index (κ3) is 1.72. The summed E-state index contributed by atoms with van der Waals surface area (Å²) in [4.78, 5) is 13.2. The molecule has 0 fully saturated rings. The molecule has 1 N–H and O–H groups in total. The topological polar surface area (TPSA) is 37.3 Å². The van der Waals surface area contributed by atoms with Crippen molar-refractivity contribution in [1.29, 1.82) is 0 Å². The monoisotopic (exact) mass is 241 g/mol. The molecule has 3 heteroatoms. The Kier molecular flexibility index (Phi) is 2.41. The molecule has 3 rings (SSSR count). The van der Waals surface area contributed by atoms with Crippen LogP contribution in [-0.2, 0) is 0 Å². The van der Waals surface area contributed by atoms with Crippen molar-refractivity contribution in [2.24, 2.45) is 0 Å². The number of fused-ring (bicyclic) bond motifs is 1. The molecule has 0 spiro atoms. The molecule has 2 aromatic rings. The smallest absolute Gasteiger partial charge is 0.187 e. The summed E-state index contributed by atoms with van der Waals surface area (Å²) in [6.45, 7) is 0. The first-order valence-corrected chi connectivity index (χ1v) is 6.05. The van der Waals surface area contributed by atoms with Crippen molar-refractivity contribution >= 4 is 17.5 Å². The number of thioether (sulfide) groups is 1. The van der Waals surface area contributed by atoms with Crippen molar-refractivity contribution in [3.8, 4) is 5.75 Å². The molecule has 1 radical (unpaired) electrons. The van der Waals surface area contributed by atoms with Crippen LogP contribution in [0.25, 0.3) is 0 Å². The van der Waals surface area contributed by atoms with Gasteiger partial charge in [0, 0.05) is 10.5 Å². The van der Waals surface area contributed by atoms with E-state index in [1.54, 1.807) is 24.3 Å². The number of aromatic hydroxyl groups is 1. The molecule has 1 aliphatic heterocycles. The summed E-state index contributed by atoms with van der Waals surface area (Å²) in [5.74, 6) is 0.276. The fourth-order valence-electron chi connectivity index (χ4n) is 1.82. The SMILES string of the molecule is O=C1[C](c2ccc(O)cc2)Sc2ccccc21. The Balaban J connectivity index is 1.99. The number of ketones is 1. The molecule has 0 aromatic heterocycles. The van der Waals surface area contributed by atoms with Gasteiger partial charge in [-0.1, -0.05) is 30.3 Å². The van der Waals surface area contributed by atoms with E-state index < -0.39 is 0 Å². The van der Waals surface area contributed by atoms with Gasteiger partial charge in [0.05, 0.1) is 0 Å². The molecule has 1 heterocycles. The van der Waals surface area contributed by atoms with Crippen LogP contribution < -0.4 is 0 Å². The number of carbonyl (C=O) groups is 1. The van der Waals surface area contributed by atoms with E-state index in [0.717, 1.165) is 21.3 Å². The molecular formula is C14H9O2S. The van der Waals surface area contributed by atoms with E-state index in [2.05, 4.69) is 0 Å². The van der Waals surface area contributed by atoms with Gasteiger partial charge in [-0.15, -0.1) is 11.8 Å². The van der Waals surface area contributed by atoms with Gasteiger partial charge in [-0.05, 0) is 23.8 Å². The minimum atomic E-state index is 0.0660. The van der Waals surface area contributed by atoms with Crippen LogP contribution >= 0.6 is 11.8 Å². The second-order valence-electron chi connectivity index (χ2n) is 3.80. The maximum absolute atomic E-state index is 12.2. The lowest BCUT2D eigenvalue weighted by Gasteiger charge is -2.05. The third-order valence-corrected chi connectivity index (χ3v) is 3.88. The van der Waals surface area contributed by atoms with Crippen molar-refractivity contribution in [3.63, 3.8) is 0 Å². The largest absolute Gasteiger partial charge is 0.508 e. The zero-order chi connectivity index (χ0) is 11.8. The number of hydrogen-bond acceptors (Lipinski definition) is 3. The Morgan fingerprint density at radius 2 is 1.65 bits per heavy atom. The molecule has 1 aliphatic rings. The van der Waals surface area contributed by atoms with E-state index in [9.17, 15) is 9.90 Å². The predicted molar refractivity (Wildman–Crippen MR) is 67.1 cm³/mol. The number of rotatable bonds is 1. The summed E-state index contributed by atoms with van der Waals surface area (Å²) >= 11 is 1.49. The molecule has 2 nitrogen and oxygen atoms in total. The molecule has 0 amide bonds. The lowest BCUT2D eigenvalue weighted by atomic mass is 10.0. The zero-order valence-electron chi connectivity index (χ0n) is 8.88. The highest BCUT2D eigenvalue weighted by molar-refractivity contribution is 8.04. The zero-order valence-corrected chi connectivity index (χ0v) is 9.70. The Hall–Kier alpha value is -1.74. The fourth-order valence-corrected chi connectivity index (χ4v) is 2.92. The molecule has 0 saturated carbocycles. The van der Waals surface area contributed by atoms with Crippen molar-refractivity contribution in [3.05, 3.63) is 64.9 Å². The molecule has 2 aromatic carbocycles. The second-order valence-corrected chi connectivity index (χ2v) is 4.86. The lowest BCUT2D eigenvalue weighted by molar-refractivity contribution is 0.102. The van der Waals surface area contributed by atoms with Gasteiger partial charge in [0.2, 0.25) is 0 Å². The Morgan fingerprint density at radius 1 is 0.941 bits per heavy atom. The first-order valence-electron chi connectivity index (χ1n) is 5.23. The highest BCUT2D eigenvalue weighted by atomic mass is 32.2. The van der Waals surface area contributed by atoms with Gasteiger partial charge in [-0.3, -0.25) is 4.79 Å². The normalized spacial score (nSPS) is 14.9.